The summed E-state index contributed by atoms with van der Waals surface area (Å²) in [6.07, 6.45) is 6.60. The molecular weight excluding hydrogens is 426 g/mol. The summed E-state index contributed by atoms with van der Waals surface area (Å²) in [5.41, 5.74) is 1.98. The van der Waals surface area contributed by atoms with Crippen LogP contribution in [0.2, 0.25) is 0 Å². The van der Waals surface area contributed by atoms with Crippen molar-refractivity contribution in [1.29, 1.82) is 0 Å². The lowest BCUT2D eigenvalue weighted by atomic mass is 9.91. The fourth-order valence-corrected chi connectivity index (χ4v) is 4.41. The fourth-order valence-electron chi connectivity index (χ4n) is 4.41. The van der Waals surface area contributed by atoms with Crippen LogP contribution in [0.3, 0.4) is 0 Å². The maximum absolute atomic E-state index is 13.7. The Labute approximate surface area is 202 Å². The van der Waals surface area contributed by atoms with Crippen molar-refractivity contribution in [3.05, 3.63) is 84.2 Å². The second kappa shape index (κ2) is 12.2. The number of hydrogen-bond acceptors (Lipinski definition) is 3. The number of hydrogen-bond donors (Lipinski definition) is 1. The Bertz CT molecular complexity index is 990. The Balaban J connectivity index is 1.89. The lowest BCUT2D eigenvalue weighted by molar-refractivity contribution is -0.147. The third kappa shape index (κ3) is 6.56. The summed E-state index contributed by atoms with van der Waals surface area (Å²) in [6.45, 7) is 6.01. The molecule has 0 saturated carbocycles. The molecule has 1 aliphatic rings. The largest absolute Gasteiger partial charge is 0.344 e. The van der Waals surface area contributed by atoms with Gasteiger partial charge in [-0.1, -0.05) is 87.4 Å². The van der Waals surface area contributed by atoms with Gasteiger partial charge in [0.25, 0.3) is 0 Å². The van der Waals surface area contributed by atoms with Crippen molar-refractivity contribution in [2.75, 3.05) is 0 Å². The number of carbonyl (C=O) groups excluding carboxylic acids is 3. The summed E-state index contributed by atoms with van der Waals surface area (Å²) >= 11 is 0. The van der Waals surface area contributed by atoms with Crippen molar-refractivity contribution in [2.45, 2.75) is 65.1 Å². The molecule has 3 atom stereocenters. The maximum atomic E-state index is 13.7. The molecule has 2 aromatic rings. The van der Waals surface area contributed by atoms with Crippen LogP contribution >= 0.6 is 0 Å². The van der Waals surface area contributed by atoms with Gasteiger partial charge in [-0.2, -0.15) is 0 Å². The van der Waals surface area contributed by atoms with Crippen LogP contribution < -0.4 is 5.32 Å². The molecule has 180 valence electrons. The van der Waals surface area contributed by atoms with Crippen molar-refractivity contribution < 1.29 is 14.4 Å². The molecule has 3 rings (SSSR count). The smallest absolute Gasteiger partial charge is 0.250 e. The molecule has 1 heterocycles. The molecule has 34 heavy (non-hydrogen) atoms. The number of carbonyl (C=O) groups is 3. The van der Waals surface area contributed by atoms with Gasteiger partial charge in [0.1, 0.15) is 12.1 Å². The highest BCUT2D eigenvalue weighted by atomic mass is 16.2. The van der Waals surface area contributed by atoms with Gasteiger partial charge in [0.2, 0.25) is 17.7 Å². The zero-order valence-corrected chi connectivity index (χ0v) is 20.3. The van der Waals surface area contributed by atoms with Crippen molar-refractivity contribution >= 4 is 17.7 Å². The predicted molar refractivity (Wildman–Crippen MR) is 133 cm³/mol. The summed E-state index contributed by atoms with van der Waals surface area (Å²) in [5, 5.41) is 2.81. The van der Waals surface area contributed by atoms with E-state index in [9.17, 15) is 14.4 Å². The number of nitrogens with one attached hydrogen (secondary N) is 1. The lowest BCUT2D eigenvalue weighted by Crippen LogP contribution is -2.58. The van der Waals surface area contributed by atoms with E-state index in [4.69, 9.17) is 0 Å². The SMILES string of the molecule is CCCC[C@H](C)[C@@H]1C(=O)N(Cc2ccccc2)C=CN1C(=O)[C@@H](Cc1ccccc1)NC(C)=O. The highest BCUT2D eigenvalue weighted by Crippen LogP contribution is 2.26. The molecule has 0 unspecified atom stereocenters. The monoisotopic (exact) mass is 461 g/mol. The van der Waals surface area contributed by atoms with Gasteiger partial charge in [0.05, 0.1) is 6.54 Å². The van der Waals surface area contributed by atoms with Gasteiger partial charge in [0.15, 0.2) is 0 Å². The molecule has 6 nitrogen and oxygen atoms in total. The molecule has 1 N–H and O–H groups in total. The van der Waals surface area contributed by atoms with Crippen LogP contribution in [0, 0.1) is 5.92 Å². The highest BCUT2D eigenvalue weighted by Gasteiger charge is 2.40. The Morgan fingerprint density at radius 2 is 1.59 bits per heavy atom. The van der Waals surface area contributed by atoms with Crippen LogP contribution in [-0.2, 0) is 27.3 Å². The third-order valence-electron chi connectivity index (χ3n) is 6.20. The van der Waals surface area contributed by atoms with E-state index in [2.05, 4.69) is 12.2 Å². The van der Waals surface area contributed by atoms with Crippen LogP contribution in [0.5, 0.6) is 0 Å². The van der Waals surface area contributed by atoms with E-state index in [-0.39, 0.29) is 23.6 Å². The quantitative estimate of drug-likeness (QED) is 0.574. The van der Waals surface area contributed by atoms with Gasteiger partial charge in [-0.3, -0.25) is 14.4 Å². The molecule has 1 aliphatic heterocycles. The zero-order chi connectivity index (χ0) is 24.5. The summed E-state index contributed by atoms with van der Waals surface area (Å²) in [5.74, 6) is -0.654. The molecule has 6 heteroatoms. The molecule has 0 aromatic heterocycles. The predicted octanol–water partition coefficient (Wildman–Crippen LogP) is 4.27. The Hall–Kier alpha value is -3.41. The first-order valence-corrected chi connectivity index (χ1v) is 12.1. The van der Waals surface area contributed by atoms with Gasteiger partial charge in [-0.25, -0.2) is 0 Å². The van der Waals surface area contributed by atoms with E-state index >= 15 is 0 Å². The van der Waals surface area contributed by atoms with Crippen LogP contribution in [0.25, 0.3) is 0 Å². The van der Waals surface area contributed by atoms with Crippen molar-refractivity contribution in [3.63, 3.8) is 0 Å². The van der Waals surface area contributed by atoms with Crippen LogP contribution in [0.1, 0.15) is 51.2 Å². The normalized spacial score (nSPS) is 17.4. The van der Waals surface area contributed by atoms with E-state index in [0.717, 1.165) is 30.4 Å². The molecule has 0 bridgehead atoms. The van der Waals surface area contributed by atoms with Crippen molar-refractivity contribution in [1.82, 2.24) is 15.1 Å². The van der Waals surface area contributed by atoms with Crippen LogP contribution in [-0.4, -0.2) is 39.6 Å². The summed E-state index contributed by atoms with van der Waals surface area (Å²) in [4.78, 5) is 42.5. The molecular formula is C28H35N3O3. The Kier molecular flexibility index (Phi) is 9.02. The van der Waals surface area contributed by atoms with E-state index < -0.39 is 12.1 Å². The van der Waals surface area contributed by atoms with E-state index in [1.165, 1.54) is 6.92 Å². The molecule has 0 aliphatic carbocycles. The van der Waals surface area contributed by atoms with Gasteiger partial charge in [-0.05, 0) is 23.5 Å². The number of amides is 3. The van der Waals surface area contributed by atoms with E-state index in [0.29, 0.717) is 13.0 Å². The highest BCUT2D eigenvalue weighted by molar-refractivity contribution is 5.94. The van der Waals surface area contributed by atoms with Crippen LogP contribution in [0.15, 0.2) is 73.1 Å². The minimum atomic E-state index is -0.751. The summed E-state index contributed by atoms with van der Waals surface area (Å²) in [7, 11) is 0. The molecule has 3 amide bonds. The first-order valence-electron chi connectivity index (χ1n) is 12.1. The van der Waals surface area contributed by atoms with Gasteiger partial charge in [0, 0.05) is 25.7 Å². The second-order valence-electron chi connectivity index (χ2n) is 9.00. The first-order chi connectivity index (χ1) is 16.4. The Morgan fingerprint density at radius 3 is 2.18 bits per heavy atom. The fraction of sp³-hybridized carbons (Fsp3) is 0.393. The number of nitrogens with zero attached hydrogens (tertiary/aromatic N) is 2. The average molecular weight is 462 g/mol. The third-order valence-corrected chi connectivity index (χ3v) is 6.20. The Morgan fingerprint density at radius 1 is 0.971 bits per heavy atom. The van der Waals surface area contributed by atoms with Crippen molar-refractivity contribution in [2.24, 2.45) is 5.92 Å². The van der Waals surface area contributed by atoms with Gasteiger partial charge < -0.3 is 15.1 Å². The first kappa shape index (κ1) is 25.2. The molecule has 0 radical (unpaired) electrons. The minimum absolute atomic E-state index is 0.0191. The molecule has 2 aromatic carbocycles. The van der Waals surface area contributed by atoms with Gasteiger partial charge >= 0.3 is 0 Å². The van der Waals surface area contributed by atoms with Crippen LogP contribution in [0.4, 0.5) is 0 Å². The van der Waals surface area contributed by atoms with Gasteiger partial charge in [-0.15, -0.1) is 0 Å². The van der Waals surface area contributed by atoms with E-state index in [1.54, 1.807) is 22.2 Å². The molecule has 0 saturated heterocycles. The topological polar surface area (TPSA) is 69.7 Å². The standard InChI is InChI=1S/C28H35N3O3/c1-4-5-12-21(2)26-28(34)30(20-24-15-10-7-11-16-24)17-18-31(26)27(33)25(29-22(3)32)19-23-13-8-6-9-14-23/h6-11,13-18,21,25-26H,4-5,12,19-20H2,1-3H3,(H,29,32)/t21-,25+,26+/m0/s1. The molecule has 0 fully saturated rings. The maximum Gasteiger partial charge on any atom is 0.250 e. The lowest BCUT2D eigenvalue weighted by Gasteiger charge is -2.40. The number of unbranched alkanes of at least 4 members (excludes halogenated alkanes) is 1. The summed E-state index contributed by atoms with van der Waals surface area (Å²) in [6, 6.07) is 18.1. The van der Waals surface area contributed by atoms with E-state index in [1.807, 2.05) is 67.6 Å². The second-order valence-corrected chi connectivity index (χ2v) is 9.00. The average Bonchev–Trinajstić information content (AvgIpc) is 2.84. The zero-order valence-electron chi connectivity index (χ0n) is 20.3. The number of rotatable bonds is 10. The minimum Gasteiger partial charge on any atom is -0.344 e. The molecule has 0 spiro atoms. The number of benzene rings is 2. The van der Waals surface area contributed by atoms with Crippen molar-refractivity contribution in [3.8, 4) is 0 Å². The summed E-state index contributed by atoms with van der Waals surface area (Å²) < 4.78 is 0.